The molecule has 58 valence electrons. The van der Waals surface area contributed by atoms with E-state index in [1.807, 2.05) is 12.1 Å². The summed E-state index contributed by atoms with van der Waals surface area (Å²) < 4.78 is 5.32. The minimum atomic E-state index is 0.416. The van der Waals surface area contributed by atoms with Crippen molar-refractivity contribution in [2.45, 2.75) is 0 Å². The molecule has 0 radical (unpaired) electrons. The van der Waals surface area contributed by atoms with Crippen LogP contribution >= 0.6 is 0 Å². The van der Waals surface area contributed by atoms with Gasteiger partial charge in [-0.05, 0) is 12.1 Å². The van der Waals surface area contributed by atoms with Crippen molar-refractivity contribution in [2.24, 2.45) is 15.2 Å². The molecule has 0 spiro atoms. The van der Waals surface area contributed by atoms with Gasteiger partial charge < -0.3 is 4.74 Å². The highest BCUT2D eigenvalue weighted by molar-refractivity contribution is 5.84. The average molecular weight is 159 g/mol. The lowest BCUT2D eigenvalue weighted by Gasteiger charge is -1.96. The molecular formula is C8H5N3O. The molecule has 0 amide bonds. The highest BCUT2D eigenvalue weighted by Gasteiger charge is 2.13. The van der Waals surface area contributed by atoms with Crippen molar-refractivity contribution in [2.75, 3.05) is 6.73 Å². The fourth-order valence-electron chi connectivity index (χ4n) is 1.38. The molecule has 1 aromatic carbocycles. The minimum Gasteiger partial charge on any atom is -0.468 e. The number of fused-ring (bicyclic) bond motifs is 3. The monoisotopic (exact) mass is 159 g/mol. The molecular weight excluding hydrogens is 154 g/mol. The Labute approximate surface area is 67.9 Å². The Kier molecular flexibility index (Phi) is 0.935. The van der Waals surface area contributed by atoms with Crippen molar-refractivity contribution in [1.82, 2.24) is 0 Å². The van der Waals surface area contributed by atoms with Crippen molar-refractivity contribution >= 4 is 6.21 Å². The zero-order valence-electron chi connectivity index (χ0n) is 6.19. The van der Waals surface area contributed by atoms with Crippen LogP contribution in [0.2, 0.25) is 0 Å². The molecule has 2 heterocycles. The molecule has 0 N–H and O–H groups in total. The molecule has 4 nitrogen and oxygen atoms in total. The van der Waals surface area contributed by atoms with E-state index in [4.69, 9.17) is 4.74 Å². The molecule has 0 saturated heterocycles. The quantitative estimate of drug-likeness (QED) is 0.509. The van der Waals surface area contributed by atoms with E-state index in [1.165, 1.54) is 0 Å². The van der Waals surface area contributed by atoms with Crippen molar-refractivity contribution in [3.8, 4) is 5.75 Å². The van der Waals surface area contributed by atoms with E-state index >= 15 is 0 Å². The van der Waals surface area contributed by atoms with Crippen LogP contribution in [0.15, 0.2) is 27.3 Å². The van der Waals surface area contributed by atoms with Crippen molar-refractivity contribution in [1.29, 1.82) is 0 Å². The Morgan fingerprint density at radius 1 is 1.25 bits per heavy atom. The van der Waals surface area contributed by atoms with Crippen LogP contribution in [0.1, 0.15) is 5.56 Å². The van der Waals surface area contributed by atoms with Gasteiger partial charge in [0.2, 0.25) is 0 Å². The zero-order chi connectivity index (χ0) is 7.97. The fraction of sp³-hybridized carbons (Fsp3) is 0.125. The van der Waals surface area contributed by atoms with Crippen molar-refractivity contribution in [3.63, 3.8) is 0 Å². The predicted molar refractivity (Wildman–Crippen MR) is 41.8 cm³/mol. The van der Waals surface area contributed by atoms with E-state index in [2.05, 4.69) is 15.2 Å². The lowest BCUT2D eigenvalue weighted by Crippen LogP contribution is -2.12. The molecule has 2 aliphatic rings. The molecule has 0 atom stereocenters. The maximum atomic E-state index is 5.32. The number of nitrogens with zero attached hydrogens (tertiary/aromatic N) is 3. The van der Waals surface area contributed by atoms with E-state index in [0.29, 0.717) is 6.73 Å². The second-order valence-electron chi connectivity index (χ2n) is 2.62. The van der Waals surface area contributed by atoms with Crippen LogP contribution in [0.5, 0.6) is 5.75 Å². The van der Waals surface area contributed by atoms with E-state index in [0.717, 1.165) is 22.0 Å². The van der Waals surface area contributed by atoms with Crippen LogP contribution in [0.3, 0.4) is 0 Å². The third kappa shape index (κ3) is 0.592. The van der Waals surface area contributed by atoms with Gasteiger partial charge in [0.25, 0.3) is 0 Å². The molecule has 1 aromatic rings. The van der Waals surface area contributed by atoms with E-state index in [9.17, 15) is 0 Å². The van der Waals surface area contributed by atoms with Crippen molar-refractivity contribution < 1.29 is 4.74 Å². The molecule has 0 unspecified atom stereocenters. The van der Waals surface area contributed by atoms with Crippen LogP contribution < -0.4 is 15.5 Å². The van der Waals surface area contributed by atoms with Gasteiger partial charge in [0.15, 0.2) is 12.5 Å². The lowest BCUT2D eigenvalue weighted by atomic mass is 10.2. The second kappa shape index (κ2) is 1.91. The summed E-state index contributed by atoms with van der Waals surface area (Å²) in [5.41, 5.74) is 0.953. The van der Waals surface area contributed by atoms with Crippen LogP contribution in [-0.2, 0) is 0 Å². The number of rotatable bonds is 0. The Balaban J connectivity index is 2.50. The van der Waals surface area contributed by atoms with Gasteiger partial charge in [-0.1, -0.05) is 0 Å². The fourth-order valence-corrected chi connectivity index (χ4v) is 1.38. The first-order valence-corrected chi connectivity index (χ1v) is 3.66. The summed E-state index contributed by atoms with van der Waals surface area (Å²) in [6.07, 6.45) is 1.70. The summed E-state index contributed by atoms with van der Waals surface area (Å²) in [5.74, 6) is 0.817. The molecule has 4 heteroatoms. The van der Waals surface area contributed by atoms with Gasteiger partial charge in [-0.25, -0.2) is 4.99 Å². The van der Waals surface area contributed by atoms with Gasteiger partial charge in [-0.3, -0.25) is 0 Å². The Morgan fingerprint density at radius 2 is 2.17 bits per heavy atom. The topological polar surface area (TPSA) is 46.3 Å². The van der Waals surface area contributed by atoms with Gasteiger partial charge >= 0.3 is 0 Å². The van der Waals surface area contributed by atoms with Gasteiger partial charge in [0, 0.05) is 0 Å². The van der Waals surface area contributed by atoms with Gasteiger partial charge in [-0.15, -0.1) is 0 Å². The molecule has 0 saturated carbocycles. The Morgan fingerprint density at radius 3 is 3.17 bits per heavy atom. The molecule has 3 rings (SSSR count). The van der Waals surface area contributed by atoms with Gasteiger partial charge in [0.05, 0.1) is 17.1 Å². The Bertz CT molecular complexity index is 490. The summed E-state index contributed by atoms with van der Waals surface area (Å²) in [6.45, 7) is 0.416. The first kappa shape index (κ1) is 5.88. The molecule has 0 fully saturated rings. The summed E-state index contributed by atoms with van der Waals surface area (Å²) >= 11 is 0. The largest absolute Gasteiger partial charge is 0.468 e. The minimum absolute atomic E-state index is 0.416. The average Bonchev–Trinajstić information content (AvgIpc) is 2.71. The summed E-state index contributed by atoms with van der Waals surface area (Å²) in [5, 5.41) is 9.50. The van der Waals surface area contributed by atoms with E-state index < -0.39 is 0 Å². The molecule has 0 aromatic heterocycles. The highest BCUT2D eigenvalue weighted by atomic mass is 16.5. The maximum Gasteiger partial charge on any atom is 0.180 e. The Hall–Kier alpha value is -1.71. The molecule has 2 aliphatic heterocycles. The molecule has 12 heavy (non-hydrogen) atoms. The van der Waals surface area contributed by atoms with Crippen molar-refractivity contribution in [3.05, 3.63) is 28.4 Å². The van der Waals surface area contributed by atoms with Crippen LogP contribution in [0, 0.1) is 0 Å². The predicted octanol–water partition coefficient (Wildman–Crippen LogP) is -0.377. The van der Waals surface area contributed by atoms with Crippen LogP contribution in [0.4, 0.5) is 0 Å². The normalized spacial score (nSPS) is 16.0. The van der Waals surface area contributed by atoms with E-state index in [-0.39, 0.29) is 0 Å². The first-order valence-electron chi connectivity index (χ1n) is 3.66. The number of ether oxygens (including phenoxy) is 1. The van der Waals surface area contributed by atoms with Gasteiger partial charge in [0.1, 0.15) is 5.36 Å². The number of benzene rings is 1. The lowest BCUT2D eigenvalue weighted by molar-refractivity contribution is 0.351. The summed E-state index contributed by atoms with van der Waals surface area (Å²) in [4.78, 5) is 4.15. The number of hydrogen-bond acceptors (Lipinski definition) is 4. The molecule has 0 bridgehead atoms. The third-order valence-electron chi connectivity index (χ3n) is 1.95. The molecule has 0 aliphatic carbocycles. The van der Waals surface area contributed by atoms with Crippen LogP contribution in [0.25, 0.3) is 0 Å². The maximum absolute atomic E-state index is 5.32. The smallest absolute Gasteiger partial charge is 0.180 e. The highest BCUT2D eigenvalue weighted by Crippen LogP contribution is 2.11. The zero-order valence-corrected chi connectivity index (χ0v) is 6.19. The summed E-state index contributed by atoms with van der Waals surface area (Å²) in [7, 11) is 0. The standard InChI is InChI=1S/C8H5N3O/c1-2-7-8(12-4-9-7)5-3-10-11-6(1)5/h1-3H,4H2. The van der Waals surface area contributed by atoms with E-state index in [1.54, 1.807) is 6.21 Å². The third-order valence-corrected chi connectivity index (χ3v) is 1.95. The van der Waals surface area contributed by atoms with Gasteiger partial charge in [-0.2, -0.15) is 10.2 Å². The summed E-state index contributed by atoms with van der Waals surface area (Å²) in [6, 6.07) is 3.80. The van der Waals surface area contributed by atoms with Crippen LogP contribution in [-0.4, -0.2) is 12.9 Å². The number of hydrogen-bond donors (Lipinski definition) is 0. The first-order chi connectivity index (χ1) is 5.95. The SMILES string of the molecule is C1=NN=c2ccc3c(c21)OCN=3. The second-order valence-corrected chi connectivity index (χ2v) is 2.62.